The van der Waals surface area contributed by atoms with Crippen LogP contribution in [-0.2, 0) is 27.7 Å². The summed E-state index contributed by atoms with van der Waals surface area (Å²) in [6, 6.07) is 12.9. The van der Waals surface area contributed by atoms with Gasteiger partial charge in [-0.1, -0.05) is 29.8 Å². The van der Waals surface area contributed by atoms with Crippen LogP contribution in [0.15, 0.2) is 73.1 Å². The first-order valence-corrected chi connectivity index (χ1v) is 16.0. The van der Waals surface area contributed by atoms with Crippen LogP contribution in [0.5, 0.6) is 11.5 Å². The summed E-state index contributed by atoms with van der Waals surface area (Å²) in [5.74, 6) is -1.86. The zero-order chi connectivity index (χ0) is 35.1. The van der Waals surface area contributed by atoms with Gasteiger partial charge in [0.1, 0.15) is 29.6 Å². The second kappa shape index (κ2) is 15.3. The van der Waals surface area contributed by atoms with Gasteiger partial charge in [0.05, 0.1) is 27.5 Å². The highest BCUT2D eigenvalue weighted by Crippen LogP contribution is 2.37. The zero-order valence-electron chi connectivity index (χ0n) is 24.8. The van der Waals surface area contributed by atoms with E-state index in [1.807, 2.05) is 44.3 Å². The SMILES string of the molecule is CS(=O)(=O)NC(=O)c1cc(Oc2ccc(C(F)(F)F)cc2Cl)ccc1[N+](=O)[O-].Cc1cccc(C)c1N(Cn1cccn1)C(=O)CCl. The van der Waals surface area contributed by atoms with Crippen molar-refractivity contribution in [3.05, 3.63) is 110 Å². The lowest BCUT2D eigenvalue weighted by Gasteiger charge is -2.25. The molecule has 12 nitrogen and oxygen atoms in total. The standard InChI is InChI=1S/C15H10ClF3N2O6S.C14H16ClN3O/c1-28(25,26)20-14(22)10-7-9(3-4-12(10)21(23)24)27-13-5-2-8(6-11(13)16)15(17,18)19;1-11-5-3-6-12(2)14(11)18(13(19)9-15)10-17-8-4-7-16-17/h2-7H,1H3,(H,20,22);3-8H,9-10H2,1-2H3. The lowest BCUT2D eigenvalue weighted by Crippen LogP contribution is -2.35. The van der Waals surface area contributed by atoms with Crippen molar-refractivity contribution in [2.75, 3.05) is 17.0 Å². The molecule has 1 heterocycles. The molecule has 0 radical (unpaired) electrons. The molecule has 1 aromatic heterocycles. The van der Waals surface area contributed by atoms with Crippen molar-refractivity contribution in [1.82, 2.24) is 14.5 Å². The molecule has 47 heavy (non-hydrogen) atoms. The second-order valence-electron chi connectivity index (χ2n) is 9.77. The fourth-order valence-corrected chi connectivity index (χ4v) is 4.95. The number of halogens is 5. The van der Waals surface area contributed by atoms with Gasteiger partial charge >= 0.3 is 6.18 Å². The van der Waals surface area contributed by atoms with E-state index in [0.29, 0.717) is 25.1 Å². The highest BCUT2D eigenvalue weighted by Gasteiger charge is 2.31. The number of nitrogens with one attached hydrogen (secondary N) is 1. The number of nitro benzene ring substituents is 1. The summed E-state index contributed by atoms with van der Waals surface area (Å²) in [4.78, 5) is 35.9. The van der Waals surface area contributed by atoms with Crippen molar-refractivity contribution in [3.63, 3.8) is 0 Å². The van der Waals surface area contributed by atoms with Crippen LogP contribution < -0.4 is 14.4 Å². The van der Waals surface area contributed by atoms with Gasteiger partial charge in [-0.05, 0) is 55.3 Å². The molecule has 0 bridgehead atoms. The van der Waals surface area contributed by atoms with Crippen molar-refractivity contribution in [3.8, 4) is 11.5 Å². The molecule has 0 aliphatic heterocycles. The number of hydrogen-bond acceptors (Lipinski definition) is 8. The van der Waals surface area contributed by atoms with Gasteiger partial charge in [-0.3, -0.25) is 29.3 Å². The fourth-order valence-electron chi connectivity index (χ4n) is 4.14. The lowest BCUT2D eigenvalue weighted by atomic mass is 10.1. The summed E-state index contributed by atoms with van der Waals surface area (Å²) >= 11 is 11.5. The Bertz CT molecular complexity index is 1870. The first kappa shape index (κ1) is 36.8. The van der Waals surface area contributed by atoms with E-state index < -0.39 is 48.9 Å². The number of carbonyl (C=O) groups excluding carboxylic acids is 2. The quantitative estimate of drug-likeness (QED) is 0.117. The monoisotopic (exact) mass is 715 g/mol. The van der Waals surface area contributed by atoms with Crippen molar-refractivity contribution in [1.29, 1.82) is 0 Å². The van der Waals surface area contributed by atoms with Crippen LogP contribution in [0, 0.1) is 24.0 Å². The number of rotatable bonds is 9. The molecule has 0 fully saturated rings. The summed E-state index contributed by atoms with van der Waals surface area (Å²) in [6.07, 6.45) is -0.429. The van der Waals surface area contributed by atoms with E-state index in [0.717, 1.165) is 41.1 Å². The molecule has 0 aliphatic carbocycles. The number of hydrogen-bond donors (Lipinski definition) is 1. The number of sulfonamides is 1. The third-order valence-electron chi connectivity index (χ3n) is 6.14. The van der Waals surface area contributed by atoms with Crippen molar-refractivity contribution in [2.24, 2.45) is 0 Å². The minimum absolute atomic E-state index is 0.0466. The van der Waals surface area contributed by atoms with Gasteiger partial charge in [0.25, 0.3) is 11.6 Å². The van der Waals surface area contributed by atoms with Gasteiger partial charge < -0.3 is 4.74 Å². The Morgan fingerprint density at radius 1 is 1.09 bits per heavy atom. The Morgan fingerprint density at radius 2 is 1.74 bits per heavy atom. The fraction of sp³-hybridized carbons (Fsp3) is 0.207. The van der Waals surface area contributed by atoms with Crippen LogP contribution in [-0.4, -0.2) is 47.1 Å². The van der Waals surface area contributed by atoms with Gasteiger partial charge in [-0.25, -0.2) is 13.1 Å². The number of nitrogens with zero attached hydrogens (tertiary/aromatic N) is 4. The zero-order valence-corrected chi connectivity index (χ0v) is 27.1. The maximum atomic E-state index is 12.7. The first-order chi connectivity index (χ1) is 21.9. The number of aromatic nitrogens is 2. The predicted molar refractivity (Wildman–Crippen MR) is 168 cm³/mol. The topological polar surface area (TPSA) is 154 Å². The number of carbonyl (C=O) groups is 2. The van der Waals surface area contributed by atoms with Crippen LogP contribution in [0.3, 0.4) is 0 Å². The van der Waals surface area contributed by atoms with E-state index in [9.17, 15) is 41.3 Å². The Morgan fingerprint density at radius 3 is 2.26 bits per heavy atom. The predicted octanol–water partition coefficient (Wildman–Crippen LogP) is 6.48. The summed E-state index contributed by atoms with van der Waals surface area (Å²) in [5.41, 5.74) is 0.657. The molecule has 3 aromatic carbocycles. The van der Waals surface area contributed by atoms with Gasteiger partial charge in [-0.2, -0.15) is 18.3 Å². The third-order valence-corrected chi connectivity index (χ3v) is 7.22. The molecule has 0 saturated carbocycles. The molecular formula is C29H26Cl2F3N5O7S. The minimum atomic E-state index is -4.62. The van der Waals surface area contributed by atoms with Crippen LogP contribution >= 0.6 is 23.2 Å². The van der Waals surface area contributed by atoms with Gasteiger partial charge in [0, 0.05) is 24.5 Å². The summed E-state index contributed by atoms with van der Waals surface area (Å²) in [7, 11) is -4.00. The van der Waals surface area contributed by atoms with Gasteiger partial charge in [-0.15, -0.1) is 11.6 Å². The average molecular weight is 717 g/mol. The summed E-state index contributed by atoms with van der Waals surface area (Å²) in [5, 5.41) is 14.8. The third kappa shape index (κ3) is 10.2. The Kier molecular flexibility index (Phi) is 12.0. The number of aryl methyl sites for hydroxylation is 2. The van der Waals surface area contributed by atoms with Crippen LogP contribution in [0.4, 0.5) is 24.5 Å². The molecule has 1 N–H and O–H groups in total. The van der Waals surface area contributed by atoms with Crippen molar-refractivity contribution in [2.45, 2.75) is 26.7 Å². The Hall–Kier alpha value is -4.67. The van der Waals surface area contributed by atoms with Crippen LogP contribution in [0.25, 0.3) is 0 Å². The number of ether oxygens (including phenoxy) is 1. The van der Waals surface area contributed by atoms with E-state index >= 15 is 0 Å². The summed E-state index contributed by atoms with van der Waals surface area (Å²) in [6.45, 7) is 4.34. The average Bonchev–Trinajstić information content (AvgIpc) is 3.49. The molecule has 18 heteroatoms. The van der Waals surface area contributed by atoms with E-state index in [-0.39, 0.29) is 23.3 Å². The largest absolute Gasteiger partial charge is 0.456 e. The second-order valence-corrected chi connectivity index (χ2v) is 12.2. The number of amides is 2. The van der Waals surface area contributed by atoms with Crippen molar-refractivity contribution < 1.29 is 40.8 Å². The maximum absolute atomic E-state index is 12.7. The van der Waals surface area contributed by atoms with E-state index in [2.05, 4.69) is 5.10 Å². The van der Waals surface area contributed by atoms with E-state index in [1.54, 1.807) is 20.5 Å². The minimum Gasteiger partial charge on any atom is -0.456 e. The molecule has 0 spiro atoms. The van der Waals surface area contributed by atoms with E-state index in [1.165, 1.54) is 0 Å². The van der Waals surface area contributed by atoms with Crippen molar-refractivity contribution >= 4 is 56.4 Å². The molecular weight excluding hydrogens is 690 g/mol. The molecule has 4 aromatic rings. The van der Waals surface area contributed by atoms with E-state index in [4.69, 9.17) is 27.9 Å². The molecule has 2 amide bonds. The maximum Gasteiger partial charge on any atom is 0.416 e. The van der Waals surface area contributed by atoms with Gasteiger partial charge in [0.15, 0.2) is 0 Å². The first-order valence-electron chi connectivity index (χ1n) is 13.2. The molecule has 0 aliphatic rings. The highest BCUT2D eigenvalue weighted by atomic mass is 35.5. The molecule has 0 saturated heterocycles. The molecule has 4 rings (SSSR count). The molecule has 250 valence electrons. The molecule has 0 atom stereocenters. The van der Waals surface area contributed by atoms with Crippen LogP contribution in [0.1, 0.15) is 27.0 Å². The number of alkyl halides is 4. The highest BCUT2D eigenvalue weighted by molar-refractivity contribution is 7.89. The normalized spacial score (nSPS) is 11.2. The number of benzene rings is 3. The number of nitro groups is 1. The summed E-state index contributed by atoms with van der Waals surface area (Å²) < 4.78 is 68.9. The Balaban J connectivity index is 0.000000274. The Labute approximate surface area is 276 Å². The number of anilines is 1. The van der Waals surface area contributed by atoms with Crippen LogP contribution in [0.2, 0.25) is 5.02 Å². The smallest absolute Gasteiger partial charge is 0.416 e. The number of para-hydroxylation sites is 1. The van der Waals surface area contributed by atoms with Gasteiger partial charge in [0.2, 0.25) is 15.9 Å². The molecule has 0 unspecified atom stereocenters. The lowest BCUT2D eigenvalue weighted by molar-refractivity contribution is -0.385.